The molecule has 0 radical (unpaired) electrons. The molecular weight excluding hydrogens is 598 g/mol. The molecular formula is C37H33N3O5S. The van der Waals surface area contributed by atoms with E-state index in [1.807, 2.05) is 34.9 Å². The van der Waals surface area contributed by atoms with Gasteiger partial charge < -0.3 is 20.5 Å². The summed E-state index contributed by atoms with van der Waals surface area (Å²) in [6, 6.07) is 28.4. The van der Waals surface area contributed by atoms with E-state index in [0.29, 0.717) is 22.6 Å². The molecule has 0 spiro atoms. The number of methoxy groups -OCH3 is 1. The van der Waals surface area contributed by atoms with E-state index in [9.17, 15) is 19.5 Å². The number of phenols is 1. The van der Waals surface area contributed by atoms with Gasteiger partial charge in [-0.05, 0) is 85.9 Å². The lowest BCUT2D eigenvalue weighted by Crippen LogP contribution is -2.30. The maximum Gasteiger partial charge on any atom is 0.272 e. The van der Waals surface area contributed by atoms with E-state index in [4.69, 9.17) is 4.74 Å². The lowest BCUT2D eigenvalue weighted by Gasteiger charge is -2.15. The van der Waals surface area contributed by atoms with Gasteiger partial charge in [0.25, 0.3) is 11.8 Å². The van der Waals surface area contributed by atoms with Crippen molar-refractivity contribution in [1.29, 1.82) is 0 Å². The number of nitrogens with zero attached hydrogens (tertiary/aromatic N) is 1. The lowest BCUT2D eigenvalue weighted by molar-refractivity contribution is -0.113. The van der Waals surface area contributed by atoms with Crippen molar-refractivity contribution < 1.29 is 24.2 Å². The summed E-state index contributed by atoms with van der Waals surface area (Å²) in [5.74, 6) is -0.410. The van der Waals surface area contributed by atoms with Crippen molar-refractivity contribution in [3.8, 4) is 11.5 Å². The fourth-order valence-corrected chi connectivity index (χ4v) is 6.57. The van der Waals surface area contributed by atoms with Crippen molar-refractivity contribution in [3.05, 3.63) is 125 Å². The predicted octanol–water partition coefficient (Wildman–Crippen LogP) is 7.08. The van der Waals surface area contributed by atoms with E-state index in [0.717, 1.165) is 47.2 Å². The van der Waals surface area contributed by atoms with Crippen LogP contribution in [0.4, 0.5) is 5.69 Å². The van der Waals surface area contributed by atoms with Gasteiger partial charge >= 0.3 is 0 Å². The van der Waals surface area contributed by atoms with Crippen LogP contribution >= 0.6 is 11.8 Å². The van der Waals surface area contributed by atoms with Gasteiger partial charge in [0.05, 0.1) is 18.4 Å². The molecule has 8 nitrogen and oxygen atoms in total. The molecule has 0 unspecified atom stereocenters. The molecule has 5 aromatic rings. The molecule has 4 aromatic carbocycles. The number of benzene rings is 4. The average Bonchev–Trinajstić information content (AvgIpc) is 3.42. The molecule has 0 atom stereocenters. The molecule has 1 aliphatic carbocycles. The fraction of sp³-hybridized carbons (Fsp3) is 0.162. The van der Waals surface area contributed by atoms with Crippen LogP contribution in [0.25, 0.3) is 17.0 Å². The standard InChI is InChI=1S/C37H33N3O5S/c1-45-34-22-27(41)19-18-25(34)20-31(39-36(43)24-10-3-2-4-11-24)37(44)38-26-12-9-13-28(21-26)46-23-35(42)40-32-16-7-5-14-29(32)30-15-6-8-17-33(30)40/h2-5,7,9-14,16,18-22,41H,6,8,15,17,23H2,1H3,(H,38,44)(H,39,43)/b31-20-. The number of amides is 2. The number of para-hydroxylation sites is 1. The number of carbonyl (C=O) groups is 3. The largest absolute Gasteiger partial charge is 0.508 e. The first-order valence-corrected chi connectivity index (χ1v) is 16.0. The molecule has 0 bridgehead atoms. The van der Waals surface area contributed by atoms with E-state index in [1.165, 1.54) is 42.6 Å². The van der Waals surface area contributed by atoms with Gasteiger partial charge in [0, 0.05) is 38.9 Å². The molecule has 6 rings (SSSR count). The van der Waals surface area contributed by atoms with Crippen LogP contribution in [-0.2, 0) is 17.6 Å². The predicted molar refractivity (Wildman–Crippen MR) is 182 cm³/mol. The van der Waals surface area contributed by atoms with Crippen LogP contribution in [-0.4, -0.2) is 40.3 Å². The minimum atomic E-state index is -0.553. The third kappa shape index (κ3) is 6.69. The third-order valence-corrected chi connectivity index (χ3v) is 8.91. The summed E-state index contributed by atoms with van der Waals surface area (Å²) >= 11 is 1.41. The summed E-state index contributed by atoms with van der Waals surface area (Å²) in [6.45, 7) is 0. The normalized spacial score (nSPS) is 12.8. The Morgan fingerprint density at radius 2 is 1.70 bits per heavy atom. The van der Waals surface area contributed by atoms with Gasteiger partial charge in [0.1, 0.15) is 17.2 Å². The first-order valence-electron chi connectivity index (χ1n) is 15.0. The number of aromatic hydroxyl groups is 1. The molecule has 0 aliphatic heterocycles. The number of hydrogen-bond acceptors (Lipinski definition) is 6. The highest BCUT2D eigenvalue weighted by molar-refractivity contribution is 8.00. The minimum Gasteiger partial charge on any atom is -0.508 e. The Labute approximate surface area is 271 Å². The first kappa shape index (κ1) is 30.7. The number of nitrogens with one attached hydrogen (secondary N) is 2. The smallest absolute Gasteiger partial charge is 0.272 e. The number of hydrogen-bond donors (Lipinski definition) is 3. The number of anilines is 1. The Morgan fingerprint density at radius 3 is 2.52 bits per heavy atom. The van der Waals surface area contributed by atoms with Gasteiger partial charge in [0.2, 0.25) is 5.91 Å². The van der Waals surface area contributed by atoms with Gasteiger partial charge in [0.15, 0.2) is 0 Å². The first-order chi connectivity index (χ1) is 22.4. The molecule has 0 fully saturated rings. The summed E-state index contributed by atoms with van der Waals surface area (Å²) in [6.07, 6.45) is 5.60. The van der Waals surface area contributed by atoms with Gasteiger partial charge in [-0.25, -0.2) is 0 Å². The molecule has 0 saturated heterocycles. The Bertz CT molecular complexity index is 1970. The number of rotatable bonds is 9. The maximum absolute atomic E-state index is 13.6. The van der Waals surface area contributed by atoms with Crippen LogP contribution in [0.2, 0.25) is 0 Å². The number of ether oxygens (including phenoxy) is 1. The quantitative estimate of drug-likeness (QED) is 0.119. The van der Waals surface area contributed by atoms with Gasteiger partial charge in [-0.2, -0.15) is 0 Å². The molecule has 2 amide bonds. The number of phenolic OH excluding ortho intramolecular Hbond substituents is 1. The second kappa shape index (κ2) is 13.8. The van der Waals surface area contributed by atoms with Crippen molar-refractivity contribution in [3.63, 3.8) is 0 Å². The van der Waals surface area contributed by atoms with Gasteiger partial charge in [-0.3, -0.25) is 19.0 Å². The summed E-state index contributed by atoms with van der Waals surface area (Å²) < 4.78 is 7.27. The average molecular weight is 632 g/mol. The van der Waals surface area contributed by atoms with E-state index in [1.54, 1.807) is 48.5 Å². The van der Waals surface area contributed by atoms with Crippen LogP contribution in [0.3, 0.4) is 0 Å². The minimum absolute atomic E-state index is 0.00552. The monoisotopic (exact) mass is 631 g/mol. The van der Waals surface area contributed by atoms with Crippen LogP contribution in [0.1, 0.15) is 44.8 Å². The molecule has 0 saturated carbocycles. The lowest BCUT2D eigenvalue weighted by atomic mass is 9.96. The van der Waals surface area contributed by atoms with E-state index in [-0.39, 0.29) is 23.1 Å². The Balaban J connectivity index is 1.21. The van der Waals surface area contributed by atoms with Crippen molar-refractivity contribution in [2.75, 3.05) is 18.2 Å². The number of fused-ring (bicyclic) bond motifs is 3. The topological polar surface area (TPSA) is 110 Å². The van der Waals surface area contributed by atoms with E-state index < -0.39 is 11.8 Å². The summed E-state index contributed by atoms with van der Waals surface area (Å²) in [5, 5.41) is 16.6. The molecule has 9 heteroatoms. The van der Waals surface area contributed by atoms with Crippen molar-refractivity contribution in [1.82, 2.24) is 9.88 Å². The Hall–Kier alpha value is -5.28. The SMILES string of the molecule is COc1cc(O)ccc1/C=C(\NC(=O)c1ccccc1)C(=O)Nc1cccc(SCC(=O)n2c3c(c4ccccc42)CCCC3)c1. The zero-order chi connectivity index (χ0) is 32.0. The van der Waals surface area contributed by atoms with Gasteiger partial charge in [-0.15, -0.1) is 11.8 Å². The van der Waals surface area contributed by atoms with Crippen LogP contribution in [0, 0.1) is 0 Å². The molecule has 1 aliphatic rings. The highest BCUT2D eigenvalue weighted by Crippen LogP contribution is 2.33. The molecule has 1 heterocycles. The maximum atomic E-state index is 13.6. The Kier molecular flexibility index (Phi) is 9.21. The molecule has 1 aromatic heterocycles. The Morgan fingerprint density at radius 1 is 0.913 bits per heavy atom. The molecule has 232 valence electrons. The highest BCUT2D eigenvalue weighted by Gasteiger charge is 2.23. The van der Waals surface area contributed by atoms with Crippen LogP contribution < -0.4 is 15.4 Å². The zero-order valence-corrected chi connectivity index (χ0v) is 26.1. The fourth-order valence-electron chi connectivity index (χ4n) is 5.77. The van der Waals surface area contributed by atoms with Crippen LogP contribution in [0.15, 0.2) is 108 Å². The van der Waals surface area contributed by atoms with Gasteiger partial charge in [-0.1, -0.05) is 42.5 Å². The zero-order valence-electron chi connectivity index (χ0n) is 25.3. The van der Waals surface area contributed by atoms with E-state index in [2.05, 4.69) is 16.7 Å². The number of carbonyl (C=O) groups excluding carboxylic acids is 3. The van der Waals surface area contributed by atoms with Crippen molar-refractivity contribution >= 4 is 52.1 Å². The van der Waals surface area contributed by atoms with Crippen LogP contribution in [0.5, 0.6) is 11.5 Å². The summed E-state index contributed by atoms with van der Waals surface area (Å²) in [5.41, 5.74) is 4.74. The number of aryl methyl sites for hydroxylation is 1. The summed E-state index contributed by atoms with van der Waals surface area (Å²) in [7, 11) is 1.45. The third-order valence-electron chi connectivity index (χ3n) is 7.93. The molecule has 3 N–H and O–H groups in total. The molecule has 46 heavy (non-hydrogen) atoms. The summed E-state index contributed by atoms with van der Waals surface area (Å²) in [4.78, 5) is 41.0. The van der Waals surface area contributed by atoms with E-state index >= 15 is 0 Å². The number of aromatic nitrogens is 1. The van der Waals surface area contributed by atoms with Crippen molar-refractivity contribution in [2.45, 2.75) is 30.6 Å². The second-order valence-electron chi connectivity index (χ2n) is 11.0. The second-order valence-corrected chi connectivity index (χ2v) is 12.0. The highest BCUT2D eigenvalue weighted by atomic mass is 32.2. The number of thioether (sulfide) groups is 1. The van der Waals surface area contributed by atoms with Crippen molar-refractivity contribution in [2.24, 2.45) is 0 Å².